The maximum Gasteiger partial charge on any atom is 0.306 e. The Morgan fingerprint density at radius 1 is 1.00 bits per heavy atom. The van der Waals surface area contributed by atoms with Crippen LogP contribution in [0.5, 0.6) is 17.4 Å². The molecule has 1 aromatic heterocycles. The van der Waals surface area contributed by atoms with Gasteiger partial charge in [0, 0.05) is 12.3 Å². The number of hydrogen-bond donors (Lipinski definition) is 0. The molecule has 0 amide bonds. The van der Waals surface area contributed by atoms with Crippen molar-refractivity contribution < 1.29 is 17.3 Å². The van der Waals surface area contributed by atoms with E-state index in [0.717, 1.165) is 6.26 Å². The zero-order valence-electron chi connectivity index (χ0n) is 9.61. The van der Waals surface area contributed by atoms with Gasteiger partial charge in [0.25, 0.3) is 0 Å². The lowest BCUT2D eigenvalue weighted by Crippen LogP contribution is -2.05. The molecular weight excluding hydrogens is 254 g/mol. The first-order valence-corrected chi connectivity index (χ1v) is 6.93. The fourth-order valence-electron chi connectivity index (χ4n) is 1.27. The Morgan fingerprint density at radius 2 is 1.67 bits per heavy atom. The molecule has 2 rings (SSSR count). The van der Waals surface area contributed by atoms with E-state index in [-0.39, 0.29) is 5.75 Å². The van der Waals surface area contributed by atoms with Crippen LogP contribution >= 0.6 is 0 Å². The van der Waals surface area contributed by atoms with E-state index in [9.17, 15) is 8.42 Å². The summed E-state index contributed by atoms with van der Waals surface area (Å²) in [5.41, 5.74) is 0. The molecular formula is C12H11NO4S. The van der Waals surface area contributed by atoms with Crippen LogP contribution in [0.15, 0.2) is 48.7 Å². The van der Waals surface area contributed by atoms with Gasteiger partial charge in [-0.2, -0.15) is 8.42 Å². The standard InChI is InChI=1S/C12H11NO4S/c1-18(14,15)17-11-7-5-10(6-8-11)16-12-4-2-3-9-13-12/h2-9H,1H3. The second-order valence-corrected chi connectivity index (χ2v) is 5.10. The average Bonchev–Trinajstić information content (AvgIpc) is 2.31. The molecule has 0 spiro atoms. The van der Waals surface area contributed by atoms with Crippen molar-refractivity contribution in [1.29, 1.82) is 0 Å². The van der Waals surface area contributed by atoms with Gasteiger partial charge < -0.3 is 8.92 Å². The van der Waals surface area contributed by atoms with Crippen molar-refractivity contribution >= 4 is 10.1 Å². The van der Waals surface area contributed by atoms with Crippen molar-refractivity contribution in [2.24, 2.45) is 0 Å². The fraction of sp³-hybridized carbons (Fsp3) is 0.0833. The smallest absolute Gasteiger partial charge is 0.306 e. The van der Waals surface area contributed by atoms with E-state index in [2.05, 4.69) is 4.98 Å². The van der Waals surface area contributed by atoms with Gasteiger partial charge in [0.05, 0.1) is 6.26 Å². The molecule has 94 valence electrons. The zero-order valence-corrected chi connectivity index (χ0v) is 10.4. The van der Waals surface area contributed by atoms with Crippen molar-refractivity contribution in [1.82, 2.24) is 4.98 Å². The van der Waals surface area contributed by atoms with E-state index < -0.39 is 10.1 Å². The number of ether oxygens (including phenoxy) is 1. The Morgan fingerprint density at radius 3 is 2.22 bits per heavy atom. The molecule has 18 heavy (non-hydrogen) atoms. The fourth-order valence-corrected chi connectivity index (χ4v) is 1.73. The first-order valence-electron chi connectivity index (χ1n) is 5.11. The summed E-state index contributed by atoms with van der Waals surface area (Å²) in [5.74, 6) is 1.26. The normalized spacial score (nSPS) is 10.9. The summed E-state index contributed by atoms with van der Waals surface area (Å²) < 4.78 is 32.0. The SMILES string of the molecule is CS(=O)(=O)Oc1ccc(Oc2ccccn2)cc1. The van der Waals surface area contributed by atoms with Crippen LogP contribution in [0.1, 0.15) is 0 Å². The van der Waals surface area contributed by atoms with Gasteiger partial charge in [-0.1, -0.05) is 6.07 Å². The van der Waals surface area contributed by atoms with Crippen LogP contribution < -0.4 is 8.92 Å². The zero-order chi connectivity index (χ0) is 13.0. The number of pyridine rings is 1. The second-order valence-electron chi connectivity index (χ2n) is 3.53. The number of rotatable bonds is 4. The van der Waals surface area contributed by atoms with Gasteiger partial charge in [0.1, 0.15) is 11.5 Å². The third-order valence-electron chi connectivity index (χ3n) is 1.93. The van der Waals surface area contributed by atoms with Crippen LogP contribution in [-0.2, 0) is 10.1 Å². The molecule has 0 aliphatic carbocycles. The highest BCUT2D eigenvalue weighted by Crippen LogP contribution is 2.22. The van der Waals surface area contributed by atoms with Crippen LogP contribution in [0.4, 0.5) is 0 Å². The van der Waals surface area contributed by atoms with Gasteiger partial charge in [-0.25, -0.2) is 4.98 Å². The average molecular weight is 265 g/mol. The maximum atomic E-state index is 10.9. The van der Waals surface area contributed by atoms with Crippen LogP contribution in [0, 0.1) is 0 Å². The van der Waals surface area contributed by atoms with E-state index >= 15 is 0 Å². The third kappa shape index (κ3) is 3.74. The van der Waals surface area contributed by atoms with E-state index in [0.29, 0.717) is 11.6 Å². The first kappa shape index (κ1) is 12.4. The Bertz CT molecular complexity index is 608. The van der Waals surface area contributed by atoms with Crippen LogP contribution in [-0.4, -0.2) is 19.7 Å². The minimum Gasteiger partial charge on any atom is -0.439 e. The number of aromatic nitrogens is 1. The van der Waals surface area contributed by atoms with Crippen molar-refractivity contribution in [3.05, 3.63) is 48.7 Å². The molecule has 0 fully saturated rings. The van der Waals surface area contributed by atoms with E-state index in [4.69, 9.17) is 8.92 Å². The van der Waals surface area contributed by atoms with Crippen LogP contribution in [0.25, 0.3) is 0 Å². The molecule has 0 N–H and O–H groups in total. The Kier molecular flexibility index (Phi) is 3.47. The molecule has 0 aliphatic heterocycles. The summed E-state index contributed by atoms with van der Waals surface area (Å²) in [6, 6.07) is 11.6. The number of nitrogens with zero attached hydrogens (tertiary/aromatic N) is 1. The van der Waals surface area contributed by atoms with Crippen molar-refractivity contribution in [2.75, 3.05) is 6.26 Å². The van der Waals surface area contributed by atoms with E-state index in [1.54, 1.807) is 30.5 Å². The second kappa shape index (κ2) is 5.05. The van der Waals surface area contributed by atoms with E-state index in [1.807, 2.05) is 6.07 Å². The first-order chi connectivity index (χ1) is 8.53. The Hall–Kier alpha value is -2.08. The summed E-state index contributed by atoms with van der Waals surface area (Å²) >= 11 is 0. The molecule has 0 unspecified atom stereocenters. The van der Waals surface area contributed by atoms with Crippen LogP contribution in [0.2, 0.25) is 0 Å². The van der Waals surface area contributed by atoms with Gasteiger partial charge >= 0.3 is 10.1 Å². The van der Waals surface area contributed by atoms with Gasteiger partial charge in [0.15, 0.2) is 0 Å². The summed E-state index contributed by atoms with van der Waals surface area (Å²) in [4.78, 5) is 4.01. The molecule has 1 heterocycles. The van der Waals surface area contributed by atoms with Crippen molar-refractivity contribution in [3.63, 3.8) is 0 Å². The number of benzene rings is 1. The molecule has 1 aromatic carbocycles. The topological polar surface area (TPSA) is 65.5 Å². The van der Waals surface area contributed by atoms with Gasteiger partial charge in [-0.15, -0.1) is 0 Å². The van der Waals surface area contributed by atoms with E-state index in [1.165, 1.54) is 12.1 Å². The largest absolute Gasteiger partial charge is 0.439 e. The minimum atomic E-state index is -3.50. The molecule has 0 saturated heterocycles. The molecule has 6 heteroatoms. The summed E-state index contributed by atoms with van der Waals surface area (Å²) in [6.45, 7) is 0. The molecule has 0 saturated carbocycles. The molecule has 0 atom stereocenters. The lowest BCUT2D eigenvalue weighted by molar-refractivity contribution is 0.460. The molecule has 0 aliphatic rings. The Labute approximate surface area is 105 Å². The van der Waals surface area contributed by atoms with Gasteiger partial charge in [0.2, 0.25) is 5.88 Å². The lowest BCUT2D eigenvalue weighted by Gasteiger charge is -2.05. The van der Waals surface area contributed by atoms with Crippen molar-refractivity contribution in [3.8, 4) is 17.4 Å². The highest BCUT2D eigenvalue weighted by atomic mass is 32.2. The maximum absolute atomic E-state index is 10.9. The molecule has 2 aromatic rings. The highest BCUT2D eigenvalue weighted by molar-refractivity contribution is 7.86. The summed E-state index contributed by atoms with van der Waals surface area (Å²) in [5, 5.41) is 0. The van der Waals surface area contributed by atoms with Crippen LogP contribution in [0.3, 0.4) is 0 Å². The predicted molar refractivity (Wildman–Crippen MR) is 66.2 cm³/mol. The minimum absolute atomic E-state index is 0.242. The number of hydrogen-bond acceptors (Lipinski definition) is 5. The highest BCUT2D eigenvalue weighted by Gasteiger charge is 2.04. The quantitative estimate of drug-likeness (QED) is 0.793. The summed E-state index contributed by atoms with van der Waals surface area (Å²) in [7, 11) is -3.50. The molecule has 0 radical (unpaired) electrons. The monoisotopic (exact) mass is 265 g/mol. The lowest BCUT2D eigenvalue weighted by atomic mass is 10.3. The van der Waals surface area contributed by atoms with Crippen molar-refractivity contribution in [2.45, 2.75) is 0 Å². The van der Waals surface area contributed by atoms with Gasteiger partial charge in [-0.3, -0.25) is 0 Å². The van der Waals surface area contributed by atoms with Gasteiger partial charge in [-0.05, 0) is 30.3 Å². The molecule has 5 nitrogen and oxygen atoms in total. The predicted octanol–water partition coefficient (Wildman–Crippen LogP) is 2.21. The summed E-state index contributed by atoms with van der Waals surface area (Å²) in [6.07, 6.45) is 2.61. The molecule has 0 bridgehead atoms. The third-order valence-corrected chi connectivity index (χ3v) is 2.43. The Balaban J connectivity index is 2.09.